The number of amides is 2. The number of para-hydroxylation sites is 3. The lowest BCUT2D eigenvalue weighted by molar-refractivity contribution is -0.122. The summed E-state index contributed by atoms with van der Waals surface area (Å²) >= 11 is 12.9. The van der Waals surface area contributed by atoms with Crippen LogP contribution in [0.4, 0.5) is 17.1 Å². The summed E-state index contributed by atoms with van der Waals surface area (Å²) in [6, 6.07) is 29.3. The first-order valence-electron chi connectivity index (χ1n) is 11.1. The van der Waals surface area contributed by atoms with Crippen molar-refractivity contribution in [3.05, 3.63) is 124 Å². The van der Waals surface area contributed by atoms with Crippen molar-refractivity contribution in [3.8, 4) is 0 Å². The van der Waals surface area contributed by atoms with Gasteiger partial charge in [-0.25, -0.2) is 0 Å². The Morgan fingerprint density at radius 2 is 1.40 bits per heavy atom. The van der Waals surface area contributed by atoms with Gasteiger partial charge >= 0.3 is 0 Å². The number of fused-ring (bicyclic) bond motifs is 3. The molecule has 6 rings (SSSR count). The van der Waals surface area contributed by atoms with Crippen molar-refractivity contribution in [1.29, 1.82) is 0 Å². The average Bonchev–Trinajstić information content (AvgIpc) is 3.10. The van der Waals surface area contributed by atoms with Crippen LogP contribution in [0.1, 0.15) is 21.5 Å². The van der Waals surface area contributed by atoms with E-state index < -0.39 is 5.66 Å². The van der Waals surface area contributed by atoms with E-state index >= 15 is 0 Å². The zero-order valence-corrected chi connectivity index (χ0v) is 19.9. The molecule has 1 spiro atoms. The van der Waals surface area contributed by atoms with E-state index in [2.05, 4.69) is 5.32 Å². The molecule has 0 radical (unpaired) electrons. The van der Waals surface area contributed by atoms with Gasteiger partial charge < -0.3 is 10.2 Å². The first kappa shape index (κ1) is 21.7. The molecule has 35 heavy (non-hydrogen) atoms. The second-order valence-electron chi connectivity index (χ2n) is 8.47. The van der Waals surface area contributed by atoms with Crippen LogP contribution in [0.25, 0.3) is 0 Å². The standard InChI is InChI=1S/C28H19Cl2N3O2/c29-22-13-8-14-23(30)20(22)17-32-25-16-7-5-12-21(25)28(27(32)35)31-24-15-6-4-11-19(24)26(34)33(28)18-9-2-1-3-10-18/h1-16,31H,17H2. The molecule has 2 amide bonds. The van der Waals surface area contributed by atoms with E-state index in [-0.39, 0.29) is 18.4 Å². The van der Waals surface area contributed by atoms with Crippen molar-refractivity contribution < 1.29 is 9.59 Å². The Bertz CT molecular complexity index is 1470. The molecular formula is C28H19Cl2N3O2. The van der Waals surface area contributed by atoms with Crippen LogP contribution in [0.3, 0.4) is 0 Å². The number of nitrogens with zero attached hydrogens (tertiary/aromatic N) is 2. The van der Waals surface area contributed by atoms with E-state index in [1.807, 2.05) is 72.8 Å². The molecule has 0 fully saturated rings. The highest BCUT2D eigenvalue weighted by atomic mass is 35.5. The fourth-order valence-electron chi connectivity index (χ4n) is 4.96. The zero-order chi connectivity index (χ0) is 24.2. The van der Waals surface area contributed by atoms with Gasteiger partial charge in [0.15, 0.2) is 0 Å². The molecule has 5 nitrogen and oxygen atoms in total. The van der Waals surface area contributed by atoms with Crippen molar-refractivity contribution in [2.45, 2.75) is 12.2 Å². The minimum Gasteiger partial charge on any atom is -0.350 e. The van der Waals surface area contributed by atoms with Gasteiger partial charge in [0.2, 0.25) is 5.66 Å². The molecule has 2 aliphatic heterocycles. The molecule has 7 heteroatoms. The SMILES string of the molecule is O=C1c2ccccc2NC2(C(=O)N(Cc3c(Cl)cccc3Cl)c3ccccc32)N1c1ccccc1. The number of nitrogens with one attached hydrogen (secondary N) is 1. The second kappa shape index (κ2) is 8.15. The number of carbonyl (C=O) groups is 2. The van der Waals surface area contributed by atoms with Gasteiger partial charge in [-0.15, -0.1) is 0 Å². The third-order valence-electron chi connectivity index (χ3n) is 6.54. The monoisotopic (exact) mass is 499 g/mol. The van der Waals surface area contributed by atoms with Gasteiger partial charge in [0.1, 0.15) is 0 Å². The molecule has 1 N–H and O–H groups in total. The summed E-state index contributed by atoms with van der Waals surface area (Å²) in [7, 11) is 0. The second-order valence-corrected chi connectivity index (χ2v) is 9.28. The third kappa shape index (κ3) is 3.16. The summed E-state index contributed by atoms with van der Waals surface area (Å²) in [5.41, 5.74) is 2.25. The Kier molecular flexibility index (Phi) is 5.06. The lowest BCUT2D eigenvalue weighted by atomic mass is 9.92. The Hall–Kier alpha value is -3.80. The maximum absolute atomic E-state index is 14.5. The number of hydrogen-bond acceptors (Lipinski definition) is 3. The number of anilines is 3. The van der Waals surface area contributed by atoms with Gasteiger partial charge in [0.25, 0.3) is 11.8 Å². The molecule has 2 heterocycles. The highest BCUT2D eigenvalue weighted by molar-refractivity contribution is 6.36. The molecule has 1 unspecified atom stereocenters. The Labute approximate surface area is 212 Å². The minimum atomic E-state index is -1.48. The summed E-state index contributed by atoms with van der Waals surface area (Å²) in [5, 5.41) is 4.40. The van der Waals surface area contributed by atoms with Crippen molar-refractivity contribution in [3.63, 3.8) is 0 Å². The smallest absolute Gasteiger partial charge is 0.279 e. The molecule has 4 aromatic rings. The first-order valence-corrected chi connectivity index (χ1v) is 11.9. The predicted octanol–water partition coefficient (Wildman–Crippen LogP) is 6.47. The number of rotatable bonds is 3. The normalized spacial score (nSPS) is 18.5. The van der Waals surface area contributed by atoms with Crippen LogP contribution < -0.4 is 15.1 Å². The summed E-state index contributed by atoms with van der Waals surface area (Å²) < 4.78 is 0. The van der Waals surface area contributed by atoms with Crippen LogP contribution >= 0.6 is 23.2 Å². The molecule has 172 valence electrons. The van der Waals surface area contributed by atoms with Crippen molar-refractivity contribution in [1.82, 2.24) is 0 Å². The highest BCUT2D eigenvalue weighted by Crippen LogP contribution is 2.50. The van der Waals surface area contributed by atoms with Crippen LogP contribution in [0.2, 0.25) is 10.0 Å². The number of carbonyl (C=O) groups excluding carboxylic acids is 2. The number of hydrogen-bond donors (Lipinski definition) is 1. The average molecular weight is 500 g/mol. The topological polar surface area (TPSA) is 52.7 Å². The Balaban J connectivity index is 1.59. The summed E-state index contributed by atoms with van der Waals surface area (Å²) in [6.07, 6.45) is 0. The molecule has 4 aromatic carbocycles. The van der Waals surface area contributed by atoms with Crippen LogP contribution in [0.5, 0.6) is 0 Å². The quantitative estimate of drug-likeness (QED) is 0.351. The zero-order valence-electron chi connectivity index (χ0n) is 18.4. The molecule has 0 saturated carbocycles. The summed E-state index contributed by atoms with van der Waals surface area (Å²) in [4.78, 5) is 31.7. The minimum absolute atomic E-state index is 0.163. The molecule has 0 saturated heterocycles. The van der Waals surface area contributed by atoms with Gasteiger partial charge in [-0.3, -0.25) is 14.5 Å². The van der Waals surface area contributed by atoms with Gasteiger partial charge in [-0.1, -0.05) is 77.8 Å². The molecule has 1 atom stereocenters. The Morgan fingerprint density at radius 3 is 2.17 bits per heavy atom. The molecule has 0 aromatic heterocycles. The Morgan fingerprint density at radius 1 is 0.743 bits per heavy atom. The predicted molar refractivity (Wildman–Crippen MR) is 139 cm³/mol. The van der Waals surface area contributed by atoms with Gasteiger partial charge in [-0.05, 0) is 42.5 Å². The van der Waals surface area contributed by atoms with Crippen molar-refractivity contribution in [2.75, 3.05) is 15.1 Å². The van der Waals surface area contributed by atoms with Crippen LogP contribution in [0.15, 0.2) is 97.1 Å². The molecule has 0 aliphatic carbocycles. The highest BCUT2D eigenvalue weighted by Gasteiger charge is 2.59. The van der Waals surface area contributed by atoms with Gasteiger partial charge in [-0.2, -0.15) is 0 Å². The van der Waals surface area contributed by atoms with Gasteiger partial charge in [0, 0.05) is 32.5 Å². The lowest BCUT2D eigenvalue weighted by Crippen LogP contribution is -2.63. The van der Waals surface area contributed by atoms with E-state index in [1.54, 1.807) is 34.1 Å². The van der Waals surface area contributed by atoms with E-state index in [1.165, 1.54) is 0 Å². The largest absolute Gasteiger partial charge is 0.350 e. The maximum atomic E-state index is 14.5. The fraction of sp³-hybridized carbons (Fsp3) is 0.0714. The van der Waals surface area contributed by atoms with Gasteiger partial charge in [0.05, 0.1) is 17.8 Å². The van der Waals surface area contributed by atoms with E-state index in [4.69, 9.17) is 23.2 Å². The molecule has 0 bridgehead atoms. The maximum Gasteiger partial charge on any atom is 0.279 e. The summed E-state index contributed by atoms with van der Waals surface area (Å²) in [6.45, 7) is 0.163. The number of benzene rings is 4. The third-order valence-corrected chi connectivity index (χ3v) is 7.25. The van der Waals surface area contributed by atoms with Crippen molar-refractivity contribution in [2.24, 2.45) is 0 Å². The number of halogens is 2. The van der Waals surface area contributed by atoms with Crippen molar-refractivity contribution >= 4 is 52.1 Å². The fourth-order valence-corrected chi connectivity index (χ4v) is 5.48. The van der Waals surface area contributed by atoms with E-state index in [0.717, 1.165) is 0 Å². The molecule has 2 aliphatic rings. The lowest BCUT2D eigenvalue weighted by Gasteiger charge is -2.45. The van der Waals surface area contributed by atoms with E-state index in [0.29, 0.717) is 43.8 Å². The first-order chi connectivity index (χ1) is 17.0. The summed E-state index contributed by atoms with van der Waals surface area (Å²) in [5.74, 6) is -0.548. The van der Waals surface area contributed by atoms with E-state index in [9.17, 15) is 9.59 Å². The van der Waals surface area contributed by atoms with Crippen LogP contribution in [0, 0.1) is 0 Å². The van der Waals surface area contributed by atoms with Crippen LogP contribution in [-0.4, -0.2) is 11.8 Å². The molecular weight excluding hydrogens is 481 g/mol. The van der Waals surface area contributed by atoms with Crippen LogP contribution in [-0.2, 0) is 17.0 Å².